The number of imidazole rings is 1. The van der Waals surface area contributed by atoms with Crippen molar-refractivity contribution in [2.24, 2.45) is 0 Å². The summed E-state index contributed by atoms with van der Waals surface area (Å²) in [6, 6.07) is 14.3. The van der Waals surface area contributed by atoms with Crippen LogP contribution in [0, 0.1) is 0 Å². The lowest BCUT2D eigenvalue weighted by Crippen LogP contribution is -2.44. The minimum atomic E-state index is 0.751. The second-order valence-electron chi connectivity index (χ2n) is 6.20. The summed E-state index contributed by atoms with van der Waals surface area (Å²) in [4.78, 5) is 12.9. The third-order valence-corrected chi connectivity index (χ3v) is 4.49. The molecule has 5 heteroatoms. The number of nitrogens with two attached hydrogens (primary N) is 1. The van der Waals surface area contributed by atoms with Crippen LogP contribution in [0.5, 0.6) is 0 Å². The van der Waals surface area contributed by atoms with Gasteiger partial charge < -0.3 is 20.5 Å². The molecule has 0 unspecified atom stereocenters. The van der Waals surface area contributed by atoms with E-state index in [1.54, 1.807) is 0 Å². The maximum Gasteiger partial charge on any atom is 0.138 e. The van der Waals surface area contributed by atoms with Gasteiger partial charge in [0.1, 0.15) is 5.82 Å². The van der Waals surface area contributed by atoms with Crippen LogP contribution in [0.2, 0.25) is 0 Å². The molecule has 5 nitrogen and oxygen atoms in total. The Morgan fingerprint density at radius 3 is 2.65 bits per heavy atom. The largest absolute Gasteiger partial charge is 0.399 e. The second kappa shape index (κ2) is 5.59. The summed E-state index contributed by atoms with van der Waals surface area (Å²) in [5.74, 6) is 0.864. The lowest BCUT2D eigenvalue weighted by molar-refractivity contribution is 0.313. The van der Waals surface area contributed by atoms with Gasteiger partial charge in [0, 0.05) is 43.1 Å². The lowest BCUT2D eigenvalue weighted by Gasteiger charge is -2.34. The maximum absolute atomic E-state index is 5.87. The minimum absolute atomic E-state index is 0.751. The average Bonchev–Trinajstić information content (AvgIpc) is 2.99. The highest BCUT2D eigenvalue weighted by molar-refractivity contribution is 5.83. The number of nitrogens with zero attached hydrogens (tertiary/aromatic N) is 3. The molecule has 0 saturated carbocycles. The van der Waals surface area contributed by atoms with Crippen LogP contribution in [0.4, 0.5) is 11.4 Å². The van der Waals surface area contributed by atoms with E-state index in [-0.39, 0.29) is 0 Å². The monoisotopic (exact) mass is 307 g/mol. The molecule has 2 aromatic carbocycles. The molecule has 0 spiro atoms. The Morgan fingerprint density at radius 1 is 1.04 bits per heavy atom. The molecule has 3 N–H and O–H groups in total. The first kappa shape index (κ1) is 14.1. The highest BCUT2D eigenvalue weighted by atomic mass is 15.2. The zero-order valence-corrected chi connectivity index (χ0v) is 13.3. The molecule has 1 saturated heterocycles. The number of hydrogen-bond acceptors (Lipinski definition) is 4. The van der Waals surface area contributed by atoms with Gasteiger partial charge >= 0.3 is 0 Å². The fourth-order valence-electron chi connectivity index (χ4n) is 3.08. The van der Waals surface area contributed by atoms with Gasteiger partial charge in [-0.1, -0.05) is 12.1 Å². The molecule has 4 rings (SSSR count). The van der Waals surface area contributed by atoms with Gasteiger partial charge in [0.2, 0.25) is 0 Å². The van der Waals surface area contributed by atoms with Gasteiger partial charge in [0.15, 0.2) is 0 Å². The van der Waals surface area contributed by atoms with Gasteiger partial charge in [-0.25, -0.2) is 4.98 Å². The Balaban J connectivity index is 1.67. The summed E-state index contributed by atoms with van der Waals surface area (Å²) in [7, 11) is 2.17. The molecule has 0 radical (unpaired) electrons. The predicted molar refractivity (Wildman–Crippen MR) is 95.7 cm³/mol. The van der Waals surface area contributed by atoms with E-state index in [1.165, 1.54) is 5.69 Å². The van der Waals surface area contributed by atoms with Gasteiger partial charge in [-0.05, 0) is 37.4 Å². The Hall–Kier alpha value is -2.53. The maximum atomic E-state index is 5.87. The highest BCUT2D eigenvalue weighted by Crippen LogP contribution is 2.26. The number of aromatic amines is 1. The Labute approximate surface area is 135 Å². The molecule has 1 fully saturated rings. The van der Waals surface area contributed by atoms with Crippen molar-refractivity contribution in [3.63, 3.8) is 0 Å². The molecule has 118 valence electrons. The molecule has 0 amide bonds. The van der Waals surface area contributed by atoms with E-state index in [9.17, 15) is 0 Å². The normalized spacial score (nSPS) is 16.1. The molecule has 0 aliphatic carbocycles. The molecule has 1 aliphatic heterocycles. The van der Waals surface area contributed by atoms with E-state index in [1.807, 2.05) is 24.3 Å². The first-order valence-electron chi connectivity index (χ1n) is 7.98. The molecule has 0 atom stereocenters. The number of rotatable bonds is 2. The molecule has 1 aromatic heterocycles. The van der Waals surface area contributed by atoms with E-state index in [4.69, 9.17) is 5.73 Å². The molecular formula is C18H21N5. The zero-order valence-electron chi connectivity index (χ0n) is 13.3. The lowest BCUT2D eigenvalue weighted by atomic mass is 10.2. The van der Waals surface area contributed by atoms with Crippen LogP contribution in [0.3, 0.4) is 0 Å². The summed E-state index contributed by atoms with van der Waals surface area (Å²) in [5, 5.41) is 0. The molecule has 23 heavy (non-hydrogen) atoms. The van der Waals surface area contributed by atoms with Crippen molar-refractivity contribution in [1.29, 1.82) is 0 Å². The van der Waals surface area contributed by atoms with Crippen molar-refractivity contribution in [1.82, 2.24) is 14.9 Å². The van der Waals surface area contributed by atoms with E-state index in [2.05, 4.69) is 45.0 Å². The smallest absolute Gasteiger partial charge is 0.138 e. The molecule has 3 aromatic rings. The van der Waals surface area contributed by atoms with Crippen LogP contribution >= 0.6 is 0 Å². The Bertz CT molecular complexity index is 830. The fraction of sp³-hybridized carbons (Fsp3) is 0.278. The first-order chi connectivity index (χ1) is 11.2. The van der Waals surface area contributed by atoms with Crippen molar-refractivity contribution in [3.05, 3.63) is 42.5 Å². The second-order valence-corrected chi connectivity index (χ2v) is 6.20. The van der Waals surface area contributed by atoms with Crippen LogP contribution in [0.25, 0.3) is 22.4 Å². The van der Waals surface area contributed by atoms with E-state index in [0.717, 1.165) is 54.3 Å². The number of aromatic nitrogens is 2. The fourth-order valence-corrected chi connectivity index (χ4v) is 3.08. The summed E-state index contributed by atoms with van der Waals surface area (Å²) in [5.41, 5.74) is 11.0. The number of piperazine rings is 1. The van der Waals surface area contributed by atoms with Gasteiger partial charge in [-0.15, -0.1) is 0 Å². The van der Waals surface area contributed by atoms with Crippen molar-refractivity contribution >= 4 is 22.4 Å². The molecule has 0 bridgehead atoms. The Kier molecular flexibility index (Phi) is 3.42. The Morgan fingerprint density at radius 2 is 1.87 bits per heavy atom. The number of fused-ring (bicyclic) bond motifs is 1. The van der Waals surface area contributed by atoms with Crippen LogP contribution in [-0.2, 0) is 0 Å². The number of anilines is 2. The van der Waals surface area contributed by atoms with E-state index >= 15 is 0 Å². The third-order valence-electron chi connectivity index (χ3n) is 4.49. The van der Waals surface area contributed by atoms with Crippen molar-refractivity contribution in [2.45, 2.75) is 0 Å². The van der Waals surface area contributed by atoms with Crippen molar-refractivity contribution < 1.29 is 0 Å². The standard InChI is InChI=1S/C18H21N5/c1-22-7-9-23(10-8-22)15-5-6-16-17(12-15)21-18(20-16)13-3-2-4-14(19)11-13/h2-6,11-12H,7-10,19H2,1H3,(H,20,21). The number of hydrogen-bond donors (Lipinski definition) is 2. The number of nitrogens with one attached hydrogen (secondary N) is 1. The minimum Gasteiger partial charge on any atom is -0.399 e. The molecule has 1 aliphatic rings. The van der Waals surface area contributed by atoms with Gasteiger partial charge in [-0.2, -0.15) is 0 Å². The first-order valence-corrected chi connectivity index (χ1v) is 7.98. The number of benzene rings is 2. The van der Waals surface area contributed by atoms with Crippen LogP contribution in [0.1, 0.15) is 0 Å². The third kappa shape index (κ3) is 2.75. The van der Waals surface area contributed by atoms with Crippen molar-refractivity contribution in [2.75, 3.05) is 43.9 Å². The summed E-state index contributed by atoms with van der Waals surface area (Å²) in [6.07, 6.45) is 0. The predicted octanol–water partition coefficient (Wildman–Crippen LogP) is 2.56. The van der Waals surface area contributed by atoms with Gasteiger partial charge in [0.25, 0.3) is 0 Å². The van der Waals surface area contributed by atoms with E-state index < -0.39 is 0 Å². The van der Waals surface area contributed by atoms with E-state index in [0.29, 0.717) is 0 Å². The summed E-state index contributed by atoms with van der Waals surface area (Å²) >= 11 is 0. The van der Waals surface area contributed by atoms with Gasteiger partial charge in [0.05, 0.1) is 11.0 Å². The number of nitrogen functional groups attached to an aromatic ring is 1. The van der Waals surface area contributed by atoms with Crippen LogP contribution < -0.4 is 10.6 Å². The van der Waals surface area contributed by atoms with Crippen LogP contribution in [-0.4, -0.2) is 48.1 Å². The number of H-pyrrole nitrogens is 1. The number of likely N-dealkylation sites (N-methyl/N-ethyl adjacent to an activating group) is 1. The highest BCUT2D eigenvalue weighted by Gasteiger charge is 2.15. The van der Waals surface area contributed by atoms with Crippen molar-refractivity contribution in [3.8, 4) is 11.4 Å². The summed E-state index contributed by atoms with van der Waals surface area (Å²) in [6.45, 7) is 4.35. The quantitative estimate of drug-likeness (QED) is 0.714. The molecular weight excluding hydrogens is 286 g/mol. The van der Waals surface area contributed by atoms with Crippen LogP contribution in [0.15, 0.2) is 42.5 Å². The average molecular weight is 307 g/mol. The topological polar surface area (TPSA) is 61.2 Å². The zero-order chi connectivity index (χ0) is 15.8. The summed E-state index contributed by atoms with van der Waals surface area (Å²) < 4.78 is 0. The SMILES string of the molecule is CN1CCN(c2ccc3nc(-c4cccc(N)c4)[nH]c3c2)CC1. The van der Waals surface area contributed by atoms with Gasteiger partial charge in [-0.3, -0.25) is 0 Å². The molecule has 2 heterocycles.